The van der Waals surface area contributed by atoms with Crippen molar-refractivity contribution in [2.24, 2.45) is 5.92 Å². The number of nitrogens with zero attached hydrogens (tertiary/aromatic N) is 2. The quantitative estimate of drug-likeness (QED) is 0.536. The Morgan fingerprint density at radius 1 is 1.03 bits per heavy atom. The number of amides is 1. The molecule has 2 atom stereocenters. The Balaban J connectivity index is 1.83. The summed E-state index contributed by atoms with van der Waals surface area (Å²) in [6.07, 6.45) is 0. The van der Waals surface area contributed by atoms with Gasteiger partial charge in [-0.3, -0.25) is 9.69 Å². The molecule has 1 fully saturated rings. The molecule has 2 aromatic carbocycles. The summed E-state index contributed by atoms with van der Waals surface area (Å²) in [5.41, 5.74) is 3.78. The molecule has 32 heavy (non-hydrogen) atoms. The molecule has 0 aliphatic carbocycles. The molecule has 1 saturated heterocycles. The van der Waals surface area contributed by atoms with Crippen LogP contribution in [0.3, 0.4) is 0 Å². The molecule has 0 aromatic heterocycles. The van der Waals surface area contributed by atoms with E-state index in [1.807, 2.05) is 17.0 Å². The van der Waals surface area contributed by atoms with Crippen molar-refractivity contribution in [3.63, 3.8) is 0 Å². The number of ether oxygens (including phenoxy) is 3. The molecule has 2 aromatic rings. The number of hydrogen-bond acceptors (Lipinski definition) is 5. The normalized spacial score (nSPS) is 18.6. The second-order valence-corrected chi connectivity index (χ2v) is 8.55. The van der Waals surface area contributed by atoms with Gasteiger partial charge in [-0.25, -0.2) is 0 Å². The lowest BCUT2D eigenvalue weighted by Crippen LogP contribution is -2.41. The average molecular weight is 441 g/mol. The largest absolute Gasteiger partial charge is 0.496 e. The van der Waals surface area contributed by atoms with Crippen LogP contribution in [-0.2, 0) is 20.8 Å². The zero-order chi connectivity index (χ0) is 22.9. The molecule has 6 nitrogen and oxygen atoms in total. The smallest absolute Gasteiger partial charge is 0.248 e. The fraction of sp³-hybridized carbons (Fsp3) is 0.500. The monoisotopic (exact) mass is 440 g/mol. The van der Waals surface area contributed by atoms with Crippen LogP contribution in [0.5, 0.6) is 5.75 Å². The summed E-state index contributed by atoms with van der Waals surface area (Å²) < 4.78 is 16.1. The number of methoxy groups -OCH3 is 3. The minimum absolute atomic E-state index is 0.000288. The van der Waals surface area contributed by atoms with Crippen molar-refractivity contribution >= 4 is 5.91 Å². The van der Waals surface area contributed by atoms with Crippen LogP contribution in [-0.4, -0.2) is 76.4 Å². The second-order valence-electron chi connectivity index (χ2n) is 8.55. The summed E-state index contributed by atoms with van der Waals surface area (Å²) in [6.45, 7) is 6.67. The van der Waals surface area contributed by atoms with Gasteiger partial charge >= 0.3 is 0 Å². The fourth-order valence-corrected chi connectivity index (χ4v) is 4.57. The number of carbonyl (C=O) groups excluding carboxylic acids is 1. The van der Waals surface area contributed by atoms with E-state index in [1.54, 1.807) is 21.3 Å². The number of aryl methyl sites for hydroxylation is 1. The molecule has 0 spiro atoms. The number of para-hydroxylation sites is 1. The third kappa shape index (κ3) is 6.31. The molecule has 3 rings (SSSR count). The molecule has 0 unspecified atom stereocenters. The average Bonchev–Trinajstić information content (AvgIpc) is 3.20. The second kappa shape index (κ2) is 12.0. The lowest BCUT2D eigenvalue weighted by Gasteiger charge is -2.29. The first-order valence-corrected chi connectivity index (χ1v) is 11.2. The Hall–Kier alpha value is -2.41. The van der Waals surface area contributed by atoms with Crippen molar-refractivity contribution in [3.8, 4) is 5.75 Å². The summed E-state index contributed by atoms with van der Waals surface area (Å²) in [6, 6.07) is 17.0. The standard InChI is InChI=1S/C26H36N2O4/c1-20-9-11-21(12-10-20)15-27-16-22(17-28(13-14-30-2)26(29)19-31-3)24(18-27)23-7-5-6-8-25(23)32-4/h5-12,22,24H,13-19H2,1-4H3/t22-,24+/m1/s1. The van der Waals surface area contributed by atoms with Gasteiger partial charge in [0, 0.05) is 52.9 Å². The number of hydrogen-bond donors (Lipinski definition) is 0. The van der Waals surface area contributed by atoms with E-state index in [1.165, 1.54) is 16.7 Å². The molecule has 1 aliphatic rings. The molecule has 1 heterocycles. The maximum atomic E-state index is 12.7. The van der Waals surface area contributed by atoms with Gasteiger partial charge in [-0.1, -0.05) is 48.0 Å². The highest BCUT2D eigenvalue weighted by Gasteiger charge is 2.37. The van der Waals surface area contributed by atoms with E-state index in [9.17, 15) is 4.79 Å². The molecular formula is C26H36N2O4. The predicted molar refractivity (Wildman–Crippen MR) is 126 cm³/mol. The molecule has 1 amide bonds. The van der Waals surface area contributed by atoms with Gasteiger partial charge in [0.1, 0.15) is 12.4 Å². The van der Waals surface area contributed by atoms with Crippen LogP contribution in [0.4, 0.5) is 0 Å². The summed E-state index contributed by atoms with van der Waals surface area (Å²) in [5.74, 6) is 1.47. The summed E-state index contributed by atoms with van der Waals surface area (Å²) in [7, 11) is 4.94. The van der Waals surface area contributed by atoms with Crippen LogP contribution in [0, 0.1) is 12.8 Å². The number of benzene rings is 2. The maximum Gasteiger partial charge on any atom is 0.248 e. The van der Waals surface area contributed by atoms with Gasteiger partial charge < -0.3 is 19.1 Å². The first-order valence-electron chi connectivity index (χ1n) is 11.2. The minimum atomic E-state index is 0.000288. The van der Waals surface area contributed by atoms with E-state index in [0.717, 1.165) is 25.4 Å². The first-order chi connectivity index (χ1) is 15.5. The van der Waals surface area contributed by atoms with Gasteiger partial charge in [-0.05, 0) is 30.0 Å². The van der Waals surface area contributed by atoms with Crippen molar-refractivity contribution in [2.75, 3.05) is 60.7 Å². The van der Waals surface area contributed by atoms with Crippen LogP contribution in [0.15, 0.2) is 48.5 Å². The number of rotatable bonds is 11. The highest BCUT2D eigenvalue weighted by molar-refractivity contribution is 5.77. The van der Waals surface area contributed by atoms with Crippen molar-refractivity contribution in [2.45, 2.75) is 19.4 Å². The zero-order valence-corrected chi connectivity index (χ0v) is 19.8. The summed E-state index contributed by atoms with van der Waals surface area (Å²) >= 11 is 0. The molecule has 174 valence electrons. The Labute approximate surface area is 192 Å². The van der Waals surface area contributed by atoms with E-state index < -0.39 is 0 Å². The topological polar surface area (TPSA) is 51.2 Å². The van der Waals surface area contributed by atoms with Crippen molar-refractivity contribution in [1.82, 2.24) is 9.80 Å². The van der Waals surface area contributed by atoms with Gasteiger partial charge in [0.05, 0.1) is 13.7 Å². The highest BCUT2D eigenvalue weighted by Crippen LogP contribution is 2.38. The fourth-order valence-electron chi connectivity index (χ4n) is 4.57. The van der Waals surface area contributed by atoms with Gasteiger partial charge in [0.15, 0.2) is 0 Å². The van der Waals surface area contributed by atoms with E-state index in [-0.39, 0.29) is 24.3 Å². The van der Waals surface area contributed by atoms with Crippen LogP contribution < -0.4 is 4.74 Å². The van der Waals surface area contributed by atoms with Crippen LogP contribution in [0.25, 0.3) is 0 Å². The van der Waals surface area contributed by atoms with E-state index in [2.05, 4.69) is 48.2 Å². The van der Waals surface area contributed by atoms with Crippen molar-refractivity contribution in [1.29, 1.82) is 0 Å². The Morgan fingerprint density at radius 2 is 1.78 bits per heavy atom. The molecule has 6 heteroatoms. The third-order valence-corrected chi connectivity index (χ3v) is 6.22. The lowest BCUT2D eigenvalue weighted by atomic mass is 9.88. The molecule has 0 radical (unpaired) electrons. The van der Waals surface area contributed by atoms with Gasteiger partial charge in [-0.15, -0.1) is 0 Å². The zero-order valence-electron chi connectivity index (χ0n) is 19.8. The Bertz CT molecular complexity index is 855. The number of carbonyl (C=O) groups is 1. The predicted octanol–water partition coefficient (Wildman–Crippen LogP) is 3.34. The number of likely N-dealkylation sites (tertiary alicyclic amines) is 1. The SMILES string of the molecule is COCCN(C[C@H]1CN(Cc2ccc(C)cc2)C[C@@H]1c1ccccc1OC)C(=O)COC. The Morgan fingerprint density at radius 3 is 2.47 bits per heavy atom. The summed E-state index contributed by atoms with van der Waals surface area (Å²) in [4.78, 5) is 17.1. The molecule has 0 N–H and O–H groups in total. The van der Waals surface area contributed by atoms with Crippen LogP contribution in [0.2, 0.25) is 0 Å². The van der Waals surface area contributed by atoms with E-state index in [0.29, 0.717) is 19.7 Å². The van der Waals surface area contributed by atoms with Crippen LogP contribution in [0.1, 0.15) is 22.6 Å². The van der Waals surface area contributed by atoms with Crippen molar-refractivity contribution in [3.05, 3.63) is 65.2 Å². The maximum absolute atomic E-state index is 12.7. The minimum Gasteiger partial charge on any atom is -0.496 e. The van der Waals surface area contributed by atoms with Crippen LogP contribution >= 0.6 is 0 Å². The third-order valence-electron chi connectivity index (χ3n) is 6.22. The summed E-state index contributed by atoms with van der Waals surface area (Å²) in [5, 5.41) is 0. The van der Waals surface area contributed by atoms with E-state index >= 15 is 0 Å². The van der Waals surface area contributed by atoms with E-state index in [4.69, 9.17) is 14.2 Å². The van der Waals surface area contributed by atoms with Crippen molar-refractivity contribution < 1.29 is 19.0 Å². The molecule has 0 saturated carbocycles. The lowest BCUT2D eigenvalue weighted by molar-refractivity contribution is -0.136. The first kappa shape index (κ1) is 24.2. The molecular weight excluding hydrogens is 404 g/mol. The highest BCUT2D eigenvalue weighted by atomic mass is 16.5. The van der Waals surface area contributed by atoms with Gasteiger partial charge in [-0.2, -0.15) is 0 Å². The Kier molecular flexibility index (Phi) is 9.09. The van der Waals surface area contributed by atoms with Gasteiger partial charge in [0.2, 0.25) is 5.91 Å². The molecule has 0 bridgehead atoms. The van der Waals surface area contributed by atoms with Gasteiger partial charge in [0.25, 0.3) is 0 Å². The molecule has 1 aliphatic heterocycles.